The molecule has 0 radical (unpaired) electrons. The first kappa shape index (κ1) is 19.7. The van der Waals surface area contributed by atoms with Gasteiger partial charge in [-0.25, -0.2) is 0 Å². The minimum atomic E-state index is -0.493. The maximum atomic E-state index is 10.4. The average Bonchev–Trinajstić information content (AvgIpc) is 3.03. The summed E-state index contributed by atoms with van der Waals surface area (Å²) in [6, 6.07) is 10.5. The van der Waals surface area contributed by atoms with Gasteiger partial charge in [-0.05, 0) is 42.7 Å². The molecule has 0 spiro atoms. The molecule has 2 bridgehead atoms. The summed E-state index contributed by atoms with van der Waals surface area (Å²) < 4.78 is 0. The van der Waals surface area contributed by atoms with Crippen LogP contribution >= 0.6 is 0 Å². The third kappa shape index (κ3) is 3.55. The molecule has 2 saturated carbocycles. The Kier molecular flexibility index (Phi) is 5.41. The second-order valence-electron chi connectivity index (χ2n) is 9.60. The molecule has 2 aliphatic carbocycles. The molecule has 3 fully saturated rings. The molecule has 1 aliphatic heterocycles. The van der Waals surface area contributed by atoms with Gasteiger partial charge < -0.3 is 14.8 Å². The fraction of sp³-hybridized carbons (Fsp3) is 0.696. The van der Waals surface area contributed by atoms with Gasteiger partial charge in [-0.2, -0.15) is 0 Å². The molecule has 1 aromatic rings. The second-order valence-corrected chi connectivity index (χ2v) is 9.60. The van der Waals surface area contributed by atoms with Crippen molar-refractivity contribution in [2.75, 3.05) is 44.2 Å². The van der Waals surface area contributed by atoms with Gasteiger partial charge in [0.2, 0.25) is 0 Å². The van der Waals surface area contributed by atoms with E-state index >= 15 is 0 Å². The van der Waals surface area contributed by atoms with Crippen molar-refractivity contribution < 1.29 is 9.94 Å². The molecule has 1 unspecified atom stereocenters. The first-order chi connectivity index (χ1) is 13.4. The van der Waals surface area contributed by atoms with Gasteiger partial charge >= 0.3 is 0 Å². The van der Waals surface area contributed by atoms with Crippen LogP contribution in [0.15, 0.2) is 35.5 Å². The molecule has 1 saturated heterocycles. The molecule has 3 aliphatic rings. The topological polar surface area (TPSA) is 48.3 Å². The van der Waals surface area contributed by atoms with Gasteiger partial charge in [0.25, 0.3) is 0 Å². The monoisotopic (exact) mass is 385 g/mol. The van der Waals surface area contributed by atoms with Crippen LogP contribution in [0.5, 0.6) is 0 Å². The summed E-state index contributed by atoms with van der Waals surface area (Å²) in [6.07, 6.45) is 3.08. The van der Waals surface area contributed by atoms with Crippen molar-refractivity contribution in [2.24, 2.45) is 21.9 Å². The Labute approximate surface area is 169 Å². The van der Waals surface area contributed by atoms with Gasteiger partial charge in [0.1, 0.15) is 12.7 Å². The van der Waals surface area contributed by atoms with Crippen LogP contribution in [-0.4, -0.2) is 61.2 Å². The summed E-state index contributed by atoms with van der Waals surface area (Å²) in [5, 5.41) is 14.9. The lowest BCUT2D eigenvalue weighted by Gasteiger charge is -2.36. The van der Waals surface area contributed by atoms with Crippen molar-refractivity contribution in [3.05, 3.63) is 30.3 Å². The molecule has 3 atom stereocenters. The highest BCUT2D eigenvalue weighted by Gasteiger charge is 2.60. The number of aliphatic hydroxyl groups is 1. The van der Waals surface area contributed by atoms with E-state index in [1.54, 1.807) is 0 Å². The summed E-state index contributed by atoms with van der Waals surface area (Å²) in [5.74, 6) is 0.727. The van der Waals surface area contributed by atoms with E-state index in [2.05, 4.69) is 66.1 Å². The Morgan fingerprint density at radius 1 is 1.14 bits per heavy atom. The van der Waals surface area contributed by atoms with Gasteiger partial charge in [-0.15, -0.1) is 0 Å². The fourth-order valence-corrected chi connectivity index (χ4v) is 5.45. The van der Waals surface area contributed by atoms with E-state index in [0.29, 0.717) is 12.0 Å². The number of piperazine rings is 1. The molecule has 28 heavy (non-hydrogen) atoms. The van der Waals surface area contributed by atoms with E-state index in [-0.39, 0.29) is 12.0 Å². The zero-order valence-electron chi connectivity index (χ0n) is 17.6. The first-order valence-corrected chi connectivity index (χ1v) is 10.8. The number of nitrogens with zero attached hydrogens (tertiary/aromatic N) is 3. The lowest BCUT2D eigenvalue weighted by molar-refractivity contribution is 0.0167. The maximum Gasteiger partial charge on any atom is 0.144 e. The Morgan fingerprint density at radius 2 is 1.86 bits per heavy atom. The van der Waals surface area contributed by atoms with Crippen LogP contribution in [0.4, 0.5) is 5.69 Å². The van der Waals surface area contributed by atoms with Crippen molar-refractivity contribution in [2.45, 2.75) is 46.1 Å². The SMILES string of the molecule is CC1(C)[C@H]2CC[C@]1(C)/C(=N/OCC(O)CN1CCN(c3ccccc3)CC1)C2. The first-order valence-electron chi connectivity index (χ1n) is 10.8. The fourth-order valence-electron chi connectivity index (χ4n) is 5.45. The van der Waals surface area contributed by atoms with Crippen LogP contribution in [0, 0.1) is 16.7 Å². The highest BCUT2D eigenvalue weighted by atomic mass is 16.6. The number of oxime groups is 1. The van der Waals surface area contributed by atoms with E-state index in [1.165, 1.54) is 24.2 Å². The van der Waals surface area contributed by atoms with Crippen LogP contribution in [0.3, 0.4) is 0 Å². The number of β-amino-alcohol motifs (C(OH)–C–C–N with tert-alkyl or cyclic N) is 1. The Hall–Kier alpha value is -1.59. The molecule has 5 heteroatoms. The van der Waals surface area contributed by atoms with E-state index < -0.39 is 6.10 Å². The van der Waals surface area contributed by atoms with Crippen LogP contribution < -0.4 is 4.90 Å². The minimum absolute atomic E-state index is 0.163. The molecule has 1 heterocycles. The van der Waals surface area contributed by atoms with Crippen LogP contribution in [0.2, 0.25) is 0 Å². The number of rotatable bonds is 6. The molecule has 0 aromatic heterocycles. The number of hydrogen-bond acceptors (Lipinski definition) is 5. The summed E-state index contributed by atoms with van der Waals surface area (Å²) in [4.78, 5) is 10.4. The van der Waals surface area contributed by atoms with E-state index in [9.17, 15) is 5.11 Å². The molecule has 0 amide bonds. The molecule has 1 aromatic carbocycles. The van der Waals surface area contributed by atoms with Crippen LogP contribution in [0.25, 0.3) is 0 Å². The third-order valence-corrected chi connectivity index (χ3v) is 7.92. The number of para-hydroxylation sites is 1. The van der Waals surface area contributed by atoms with Gasteiger partial charge in [0.15, 0.2) is 0 Å². The molecule has 5 nitrogen and oxygen atoms in total. The minimum Gasteiger partial charge on any atom is -0.393 e. The van der Waals surface area contributed by atoms with Gasteiger partial charge in [-0.3, -0.25) is 4.90 Å². The second kappa shape index (κ2) is 7.68. The van der Waals surface area contributed by atoms with Gasteiger partial charge in [0.05, 0.1) is 5.71 Å². The molecular formula is C23H35N3O2. The van der Waals surface area contributed by atoms with Crippen LogP contribution in [-0.2, 0) is 4.84 Å². The van der Waals surface area contributed by atoms with Gasteiger partial charge in [-0.1, -0.05) is 44.1 Å². The lowest BCUT2D eigenvalue weighted by Crippen LogP contribution is -2.49. The third-order valence-electron chi connectivity index (χ3n) is 7.92. The summed E-state index contributed by atoms with van der Waals surface area (Å²) in [7, 11) is 0. The number of aliphatic hydroxyl groups excluding tert-OH is 1. The highest BCUT2D eigenvalue weighted by Crippen LogP contribution is 2.63. The van der Waals surface area contributed by atoms with Crippen molar-refractivity contribution in [1.82, 2.24) is 4.90 Å². The molecule has 4 rings (SSSR count). The lowest BCUT2D eigenvalue weighted by atomic mass is 9.70. The van der Waals surface area contributed by atoms with Crippen molar-refractivity contribution in [3.63, 3.8) is 0 Å². The van der Waals surface area contributed by atoms with Gasteiger partial charge in [0, 0.05) is 43.8 Å². The van der Waals surface area contributed by atoms with E-state index in [0.717, 1.165) is 38.5 Å². The smallest absolute Gasteiger partial charge is 0.144 e. The highest BCUT2D eigenvalue weighted by molar-refractivity contribution is 5.93. The number of fused-ring (bicyclic) bond motifs is 2. The number of hydrogen-bond donors (Lipinski definition) is 1. The molecule has 154 valence electrons. The molecule has 1 N–H and O–H groups in total. The standard InChI is InChI=1S/C23H35N3O2/c1-22(2)18-9-10-23(22,3)21(15-18)24-28-17-20(27)16-25-11-13-26(14-12-25)19-7-5-4-6-8-19/h4-8,18,20,27H,9-17H2,1-3H3/b24-21+/t18-,20?,23+/m0/s1. The quantitative estimate of drug-likeness (QED) is 0.763. The number of anilines is 1. The Balaban J connectivity index is 1.21. The predicted molar refractivity (Wildman–Crippen MR) is 114 cm³/mol. The van der Waals surface area contributed by atoms with Crippen molar-refractivity contribution in [3.8, 4) is 0 Å². The van der Waals surface area contributed by atoms with Crippen molar-refractivity contribution in [1.29, 1.82) is 0 Å². The summed E-state index contributed by atoms with van der Waals surface area (Å²) in [6.45, 7) is 11.9. The normalized spacial score (nSPS) is 32.1. The van der Waals surface area contributed by atoms with E-state index in [4.69, 9.17) is 4.84 Å². The van der Waals surface area contributed by atoms with Crippen molar-refractivity contribution >= 4 is 11.4 Å². The Morgan fingerprint density at radius 3 is 2.46 bits per heavy atom. The Bertz CT molecular complexity index is 697. The largest absolute Gasteiger partial charge is 0.393 e. The average molecular weight is 386 g/mol. The summed E-state index contributed by atoms with van der Waals surface area (Å²) in [5.41, 5.74) is 2.96. The number of benzene rings is 1. The zero-order valence-corrected chi connectivity index (χ0v) is 17.6. The van der Waals surface area contributed by atoms with E-state index in [1.807, 2.05) is 0 Å². The zero-order chi connectivity index (χ0) is 19.8. The molecular weight excluding hydrogens is 350 g/mol. The predicted octanol–water partition coefficient (Wildman–Crippen LogP) is 3.39. The summed E-state index contributed by atoms with van der Waals surface area (Å²) >= 11 is 0. The maximum absolute atomic E-state index is 10.4. The van der Waals surface area contributed by atoms with Crippen LogP contribution in [0.1, 0.15) is 40.0 Å².